The van der Waals surface area contributed by atoms with Crippen LogP contribution in [0, 0.1) is 0 Å². The fourth-order valence-corrected chi connectivity index (χ4v) is 2.25. The minimum absolute atomic E-state index is 0.314. The predicted molar refractivity (Wildman–Crippen MR) is 73.4 cm³/mol. The van der Waals surface area contributed by atoms with E-state index in [1.807, 2.05) is 27.1 Å². The number of hydrogen-bond donors (Lipinski definition) is 2. The van der Waals surface area contributed by atoms with Gasteiger partial charge in [-0.05, 0) is 12.8 Å². The second-order valence-corrected chi connectivity index (χ2v) is 5.37. The Hall–Kier alpha value is -0.870. The molecule has 2 unspecified atom stereocenters. The highest BCUT2D eigenvalue weighted by Gasteiger charge is 2.34. The summed E-state index contributed by atoms with van der Waals surface area (Å²) in [6.45, 7) is 4.44. The van der Waals surface area contributed by atoms with E-state index in [2.05, 4.69) is 13.0 Å². The van der Waals surface area contributed by atoms with E-state index in [1.165, 1.54) is 0 Å². The SMILES string of the molecule is CCC/C=C/CC(O)C[N+](C)(C)C(CC)C(=O)O. The van der Waals surface area contributed by atoms with Crippen molar-refractivity contribution < 1.29 is 19.5 Å². The summed E-state index contributed by atoms with van der Waals surface area (Å²) in [5.41, 5.74) is 0. The van der Waals surface area contributed by atoms with Crippen LogP contribution in [0.15, 0.2) is 12.2 Å². The molecule has 18 heavy (non-hydrogen) atoms. The quantitative estimate of drug-likeness (QED) is 0.491. The van der Waals surface area contributed by atoms with Crippen molar-refractivity contribution in [1.29, 1.82) is 0 Å². The molecule has 0 saturated carbocycles. The largest absolute Gasteiger partial charge is 0.477 e. The molecule has 0 saturated heterocycles. The summed E-state index contributed by atoms with van der Waals surface area (Å²) in [7, 11) is 3.72. The van der Waals surface area contributed by atoms with Crippen molar-refractivity contribution in [2.45, 2.75) is 51.7 Å². The summed E-state index contributed by atoms with van der Waals surface area (Å²) in [5.74, 6) is -0.795. The molecule has 0 aromatic carbocycles. The Bertz CT molecular complexity index is 274. The van der Waals surface area contributed by atoms with Crippen molar-refractivity contribution in [3.63, 3.8) is 0 Å². The summed E-state index contributed by atoms with van der Waals surface area (Å²) in [6, 6.07) is -0.459. The molecule has 0 aromatic rings. The van der Waals surface area contributed by atoms with Crippen LogP contribution in [0.25, 0.3) is 0 Å². The van der Waals surface area contributed by atoms with Gasteiger partial charge in [0.25, 0.3) is 0 Å². The van der Waals surface area contributed by atoms with Crippen LogP contribution in [-0.2, 0) is 4.79 Å². The van der Waals surface area contributed by atoms with Crippen molar-refractivity contribution in [3.05, 3.63) is 12.2 Å². The Kier molecular flexibility index (Phi) is 7.87. The van der Waals surface area contributed by atoms with E-state index in [0.717, 1.165) is 12.8 Å². The van der Waals surface area contributed by atoms with Crippen molar-refractivity contribution in [3.8, 4) is 0 Å². The lowest BCUT2D eigenvalue weighted by Gasteiger charge is -2.36. The zero-order valence-electron chi connectivity index (χ0n) is 12.1. The predicted octanol–water partition coefficient (Wildman–Crippen LogP) is 2.03. The second-order valence-electron chi connectivity index (χ2n) is 5.37. The monoisotopic (exact) mass is 258 g/mol. The van der Waals surface area contributed by atoms with E-state index in [9.17, 15) is 9.90 Å². The number of carboxylic acids is 1. The third-order valence-corrected chi connectivity index (χ3v) is 3.23. The van der Waals surface area contributed by atoms with Crippen LogP contribution in [0.1, 0.15) is 39.5 Å². The molecule has 2 N–H and O–H groups in total. The molecule has 0 aliphatic carbocycles. The standard InChI is InChI=1S/C14H27NO3/c1-5-7-8-9-10-12(16)11-15(3,4)13(6-2)14(17)18/h8-9,12-13,16H,5-7,10-11H2,1-4H3/p+1/b9-8+. The number of carbonyl (C=O) groups is 1. The topological polar surface area (TPSA) is 57.5 Å². The van der Waals surface area contributed by atoms with Crippen LogP contribution < -0.4 is 0 Å². The fourth-order valence-electron chi connectivity index (χ4n) is 2.25. The first kappa shape index (κ1) is 17.1. The number of quaternary nitrogens is 1. The molecule has 0 heterocycles. The Morgan fingerprint density at radius 1 is 1.28 bits per heavy atom. The molecule has 0 amide bonds. The lowest BCUT2D eigenvalue weighted by Crippen LogP contribution is -2.55. The summed E-state index contributed by atoms with van der Waals surface area (Å²) in [5, 5.41) is 19.1. The number of nitrogens with zero attached hydrogens (tertiary/aromatic N) is 1. The zero-order valence-corrected chi connectivity index (χ0v) is 12.1. The molecule has 0 aliphatic rings. The summed E-state index contributed by atoms with van der Waals surface area (Å²) in [4.78, 5) is 11.1. The summed E-state index contributed by atoms with van der Waals surface area (Å²) < 4.78 is 0.314. The molecule has 0 aliphatic heterocycles. The maximum atomic E-state index is 11.1. The lowest BCUT2D eigenvalue weighted by molar-refractivity contribution is -0.909. The molecule has 0 bridgehead atoms. The molecule has 106 valence electrons. The summed E-state index contributed by atoms with van der Waals surface area (Å²) in [6.07, 6.45) is 6.86. The van der Waals surface area contributed by atoms with E-state index < -0.39 is 18.1 Å². The molecule has 0 radical (unpaired) electrons. The van der Waals surface area contributed by atoms with E-state index >= 15 is 0 Å². The van der Waals surface area contributed by atoms with Gasteiger partial charge in [0.15, 0.2) is 6.04 Å². The molecular weight excluding hydrogens is 230 g/mol. The van der Waals surface area contributed by atoms with Gasteiger partial charge >= 0.3 is 5.97 Å². The normalized spacial score (nSPS) is 15.8. The molecule has 4 heteroatoms. The number of rotatable bonds is 9. The van der Waals surface area contributed by atoms with Gasteiger partial charge in [0.2, 0.25) is 0 Å². The van der Waals surface area contributed by atoms with Crippen LogP contribution in [-0.4, -0.2) is 53.5 Å². The number of likely N-dealkylation sites (N-methyl/N-ethyl adjacent to an activating group) is 1. The van der Waals surface area contributed by atoms with E-state index in [1.54, 1.807) is 0 Å². The zero-order chi connectivity index (χ0) is 14.2. The average Bonchev–Trinajstić information content (AvgIpc) is 2.23. The van der Waals surface area contributed by atoms with Crippen LogP contribution in [0.5, 0.6) is 0 Å². The molecule has 4 nitrogen and oxygen atoms in total. The van der Waals surface area contributed by atoms with Crippen LogP contribution in [0.2, 0.25) is 0 Å². The Morgan fingerprint density at radius 3 is 2.33 bits per heavy atom. The minimum Gasteiger partial charge on any atom is -0.477 e. The van der Waals surface area contributed by atoms with E-state index in [4.69, 9.17) is 5.11 Å². The minimum atomic E-state index is -0.795. The molecule has 0 fully saturated rings. The van der Waals surface area contributed by atoms with E-state index in [-0.39, 0.29) is 0 Å². The second kappa shape index (κ2) is 8.27. The number of aliphatic hydroxyl groups is 1. The third kappa shape index (κ3) is 6.17. The molecular formula is C14H28NO3+. The fraction of sp³-hybridized carbons (Fsp3) is 0.786. The number of aliphatic carboxylic acids is 1. The summed E-state index contributed by atoms with van der Waals surface area (Å²) >= 11 is 0. The van der Waals surface area contributed by atoms with Gasteiger partial charge in [0.1, 0.15) is 12.6 Å². The number of unbranched alkanes of at least 4 members (excludes halogenated alkanes) is 1. The van der Waals surface area contributed by atoms with Crippen molar-refractivity contribution in [2.24, 2.45) is 0 Å². The number of carboxylic acid groups (broad SMARTS) is 1. The smallest absolute Gasteiger partial charge is 0.362 e. The van der Waals surface area contributed by atoms with Crippen LogP contribution >= 0.6 is 0 Å². The Balaban J connectivity index is 4.33. The lowest BCUT2D eigenvalue weighted by atomic mass is 10.1. The molecule has 0 spiro atoms. The first-order valence-corrected chi connectivity index (χ1v) is 6.73. The molecule has 0 rings (SSSR count). The van der Waals surface area contributed by atoms with Gasteiger partial charge in [0, 0.05) is 6.42 Å². The molecule has 2 atom stereocenters. The van der Waals surface area contributed by atoms with Gasteiger partial charge in [-0.15, -0.1) is 0 Å². The van der Waals surface area contributed by atoms with Crippen LogP contribution in [0.3, 0.4) is 0 Å². The first-order valence-electron chi connectivity index (χ1n) is 6.73. The highest BCUT2D eigenvalue weighted by Crippen LogP contribution is 2.13. The van der Waals surface area contributed by atoms with Gasteiger partial charge in [-0.1, -0.05) is 32.4 Å². The van der Waals surface area contributed by atoms with Gasteiger partial charge in [-0.25, -0.2) is 4.79 Å². The van der Waals surface area contributed by atoms with Gasteiger partial charge < -0.3 is 14.7 Å². The van der Waals surface area contributed by atoms with Crippen molar-refractivity contribution in [2.75, 3.05) is 20.6 Å². The highest BCUT2D eigenvalue weighted by atomic mass is 16.4. The Labute approximate surface area is 111 Å². The highest BCUT2D eigenvalue weighted by molar-refractivity contribution is 5.72. The van der Waals surface area contributed by atoms with Gasteiger partial charge in [-0.2, -0.15) is 0 Å². The third-order valence-electron chi connectivity index (χ3n) is 3.23. The number of allylic oxidation sites excluding steroid dienone is 1. The van der Waals surface area contributed by atoms with Crippen molar-refractivity contribution in [1.82, 2.24) is 0 Å². The maximum Gasteiger partial charge on any atom is 0.362 e. The van der Waals surface area contributed by atoms with Crippen molar-refractivity contribution >= 4 is 5.97 Å². The number of aliphatic hydroxyl groups excluding tert-OH is 1. The number of hydrogen-bond acceptors (Lipinski definition) is 2. The first-order chi connectivity index (χ1) is 8.35. The van der Waals surface area contributed by atoms with E-state index in [0.29, 0.717) is 23.9 Å². The van der Waals surface area contributed by atoms with Crippen LogP contribution in [0.4, 0.5) is 0 Å². The van der Waals surface area contributed by atoms with Gasteiger partial charge in [-0.3, -0.25) is 0 Å². The molecule has 0 aromatic heterocycles. The average molecular weight is 258 g/mol. The Morgan fingerprint density at radius 2 is 1.89 bits per heavy atom. The van der Waals surface area contributed by atoms with Gasteiger partial charge in [0.05, 0.1) is 14.1 Å². The maximum absolute atomic E-state index is 11.1.